The van der Waals surface area contributed by atoms with Gasteiger partial charge in [-0.1, -0.05) is 65.7 Å². The quantitative estimate of drug-likeness (QED) is 0.569. The molecule has 2 heteroatoms. The minimum Gasteiger partial charge on any atom is -0.396 e. The van der Waals surface area contributed by atoms with Crippen molar-refractivity contribution in [3.05, 3.63) is 0 Å². The van der Waals surface area contributed by atoms with Crippen molar-refractivity contribution >= 4 is 0 Å². The average Bonchev–Trinajstić information content (AvgIpc) is 2.37. The first kappa shape index (κ1) is 19.3. The van der Waals surface area contributed by atoms with Gasteiger partial charge in [0.25, 0.3) is 0 Å². The average molecular weight is 246 g/mol. The van der Waals surface area contributed by atoms with Crippen LogP contribution in [0.2, 0.25) is 0 Å². The number of hydrogen-bond donors (Lipinski definition) is 2. The van der Waals surface area contributed by atoms with E-state index in [0.717, 1.165) is 12.8 Å². The third-order valence-electron chi connectivity index (χ3n) is 3.06. The molecule has 0 amide bonds. The van der Waals surface area contributed by atoms with E-state index in [9.17, 15) is 0 Å². The second-order valence-corrected chi connectivity index (χ2v) is 4.74. The van der Waals surface area contributed by atoms with Crippen molar-refractivity contribution in [2.45, 2.75) is 78.6 Å². The second kappa shape index (κ2) is 18.3. The standard InChI is InChI=1S/C8H18O.C7H16O/c1-3-5-6-8(4-2)7-9;1-2-3-4-5-6-7-8/h8-9H,3-7H2,1-2H3;8H,2-7H2,1H3. The van der Waals surface area contributed by atoms with E-state index in [4.69, 9.17) is 10.2 Å². The van der Waals surface area contributed by atoms with Gasteiger partial charge in [-0.2, -0.15) is 0 Å². The van der Waals surface area contributed by atoms with Crippen molar-refractivity contribution in [1.82, 2.24) is 0 Å². The van der Waals surface area contributed by atoms with E-state index in [2.05, 4.69) is 20.8 Å². The smallest absolute Gasteiger partial charge is 0.0459 e. The highest BCUT2D eigenvalue weighted by Gasteiger charge is 2.01. The van der Waals surface area contributed by atoms with Crippen molar-refractivity contribution in [1.29, 1.82) is 0 Å². The summed E-state index contributed by atoms with van der Waals surface area (Å²) in [5, 5.41) is 17.1. The first-order valence-electron chi connectivity index (χ1n) is 7.48. The van der Waals surface area contributed by atoms with Crippen molar-refractivity contribution in [3.63, 3.8) is 0 Å². The Bertz CT molecular complexity index is 105. The SMILES string of the molecule is CCCCC(CC)CO.CCCCCCCO. The summed E-state index contributed by atoms with van der Waals surface area (Å²) >= 11 is 0. The van der Waals surface area contributed by atoms with Crippen LogP contribution in [-0.4, -0.2) is 23.4 Å². The fraction of sp³-hybridized carbons (Fsp3) is 1.00. The number of aliphatic hydroxyl groups excluding tert-OH is 2. The molecule has 0 aromatic heterocycles. The molecule has 2 nitrogen and oxygen atoms in total. The van der Waals surface area contributed by atoms with Gasteiger partial charge >= 0.3 is 0 Å². The normalized spacial score (nSPS) is 11.8. The van der Waals surface area contributed by atoms with Crippen LogP contribution < -0.4 is 0 Å². The number of hydrogen-bond acceptors (Lipinski definition) is 2. The van der Waals surface area contributed by atoms with Gasteiger partial charge in [-0.05, 0) is 18.8 Å². The molecule has 17 heavy (non-hydrogen) atoms. The number of unbranched alkanes of at least 4 members (excludes halogenated alkanes) is 5. The van der Waals surface area contributed by atoms with Crippen LogP contribution in [0.15, 0.2) is 0 Å². The van der Waals surface area contributed by atoms with Crippen LogP contribution in [-0.2, 0) is 0 Å². The summed E-state index contributed by atoms with van der Waals surface area (Å²) in [6.07, 6.45) is 10.9. The maximum absolute atomic E-state index is 8.75. The van der Waals surface area contributed by atoms with Gasteiger partial charge in [0.15, 0.2) is 0 Å². The molecule has 0 aliphatic rings. The first-order chi connectivity index (χ1) is 8.26. The molecule has 0 radical (unpaired) electrons. The maximum atomic E-state index is 8.75. The molecule has 1 atom stereocenters. The van der Waals surface area contributed by atoms with Gasteiger partial charge in [0, 0.05) is 13.2 Å². The van der Waals surface area contributed by atoms with Crippen LogP contribution in [0.3, 0.4) is 0 Å². The highest BCUT2D eigenvalue weighted by Crippen LogP contribution is 2.10. The zero-order valence-corrected chi connectivity index (χ0v) is 12.2. The molecule has 0 rings (SSSR count). The molecular formula is C15H34O2. The summed E-state index contributed by atoms with van der Waals surface area (Å²) in [6.45, 7) is 7.25. The van der Waals surface area contributed by atoms with Gasteiger partial charge in [0.2, 0.25) is 0 Å². The van der Waals surface area contributed by atoms with Crippen LogP contribution in [0.5, 0.6) is 0 Å². The second-order valence-electron chi connectivity index (χ2n) is 4.74. The Morgan fingerprint density at radius 1 is 0.765 bits per heavy atom. The molecule has 0 bridgehead atoms. The van der Waals surface area contributed by atoms with E-state index >= 15 is 0 Å². The molecule has 0 saturated heterocycles. The van der Waals surface area contributed by atoms with Crippen LogP contribution in [0.4, 0.5) is 0 Å². The van der Waals surface area contributed by atoms with Gasteiger partial charge in [0.1, 0.15) is 0 Å². The largest absolute Gasteiger partial charge is 0.396 e. The van der Waals surface area contributed by atoms with Gasteiger partial charge in [0.05, 0.1) is 0 Å². The summed E-state index contributed by atoms with van der Waals surface area (Å²) in [5.41, 5.74) is 0. The molecule has 0 heterocycles. The Morgan fingerprint density at radius 2 is 1.35 bits per heavy atom. The summed E-state index contributed by atoms with van der Waals surface area (Å²) in [5.74, 6) is 0.560. The molecule has 0 aliphatic heterocycles. The van der Waals surface area contributed by atoms with Crippen LogP contribution in [0, 0.1) is 5.92 Å². The topological polar surface area (TPSA) is 40.5 Å². The number of aliphatic hydroxyl groups is 2. The lowest BCUT2D eigenvalue weighted by atomic mass is 10.0. The Kier molecular flexibility index (Phi) is 20.7. The first-order valence-corrected chi connectivity index (χ1v) is 7.48. The molecule has 0 fully saturated rings. The third-order valence-corrected chi connectivity index (χ3v) is 3.06. The van der Waals surface area contributed by atoms with E-state index in [1.54, 1.807) is 0 Å². The lowest BCUT2D eigenvalue weighted by Crippen LogP contribution is -2.03. The van der Waals surface area contributed by atoms with Gasteiger partial charge < -0.3 is 10.2 Å². The molecule has 0 aliphatic carbocycles. The minimum atomic E-state index is 0.365. The van der Waals surface area contributed by atoms with E-state index in [1.807, 2.05) is 0 Å². The van der Waals surface area contributed by atoms with Crippen molar-refractivity contribution < 1.29 is 10.2 Å². The fourth-order valence-corrected chi connectivity index (χ4v) is 1.63. The van der Waals surface area contributed by atoms with Gasteiger partial charge in [-0.3, -0.25) is 0 Å². The molecule has 1 unspecified atom stereocenters. The van der Waals surface area contributed by atoms with Crippen molar-refractivity contribution in [2.75, 3.05) is 13.2 Å². The van der Waals surface area contributed by atoms with Crippen molar-refractivity contribution in [2.24, 2.45) is 5.92 Å². The Balaban J connectivity index is 0. The van der Waals surface area contributed by atoms with Crippen LogP contribution in [0.25, 0.3) is 0 Å². The zero-order chi connectivity index (χ0) is 13.4. The van der Waals surface area contributed by atoms with Gasteiger partial charge in [-0.25, -0.2) is 0 Å². The molecule has 0 aromatic rings. The van der Waals surface area contributed by atoms with E-state index in [1.165, 1.54) is 44.9 Å². The Morgan fingerprint density at radius 3 is 1.76 bits per heavy atom. The molecular weight excluding hydrogens is 212 g/mol. The van der Waals surface area contributed by atoms with E-state index in [0.29, 0.717) is 19.1 Å². The summed E-state index contributed by atoms with van der Waals surface area (Å²) in [4.78, 5) is 0. The molecule has 0 saturated carbocycles. The van der Waals surface area contributed by atoms with Crippen molar-refractivity contribution in [3.8, 4) is 0 Å². The summed E-state index contributed by atoms with van der Waals surface area (Å²) in [7, 11) is 0. The third kappa shape index (κ3) is 18.5. The highest BCUT2D eigenvalue weighted by atomic mass is 16.3. The molecule has 2 N–H and O–H groups in total. The highest BCUT2D eigenvalue weighted by molar-refractivity contribution is 4.53. The van der Waals surface area contributed by atoms with E-state index in [-0.39, 0.29) is 0 Å². The number of rotatable bonds is 10. The lowest BCUT2D eigenvalue weighted by Gasteiger charge is -2.08. The van der Waals surface area contributed by atoms with Gasteiger partial charge in [-0.15, -0.1) is 0 Å². The Hall–Kier alpha value is -0.0800. The maximum Gasteiger partial charge on any atom is 0.0459 e. The van der Waals surface area contributed by atoms with Crippen LogP contribution >= 0.6 is 0 Å². The predicted octanol–water partition coefficient (Wildman–Crippen LogP) is 4.14. The monoisotopic (exact) mass is 246 g/mol. The zero-order valence-electron chi connectivity index (χ0n) is 12.2. The molecule has 0 aromatic carbocycles. The predicted molar refractivity (Wildman–Crippen MR) is 76.2 cm³/mol. The minimum absolute atomic E-state index is 0.365. The Labute approximate surface area is 108 Å². The molecule has 0 spiro atoms. The molecule has 106 valence electrons. The van der Waals surface area contributed by atoms with E-state index < -0.39 is 0 Å². The van der Waals surface area contributed by atoms with Crippen LogP contribution in [0.1, 0.15) is 78.6 Å². The lowest BCUT2D eigenvalue weighted by molar-refractivity contribution is 0.212. The summed E-state index contributed by atoms with van der Waals surface area (Å²) in [6, 6.07) is 0. The summed E-state index contributed by atoms with van der Waals surface area (Å²) < 4.78 is 0. The fourth-order valence-electron chi connectivity index (χ4n) is 1.63.